The highest BCUT2D eigenvalue weighted by Crippen LogP contribution is 2.59. The lowest BCUT2D eigenvalue weighted by Gasteiger charge is -2.12. The fourth-order valence-electron chi connectivity index (χ4n) is 3.84. The van der Waals surface area contributed by atoms with Gasteiger partial charge >= 0.3 is 5.97 Å². The molecule has 2 aliphatic carbocycles. The maximum absolute atomic E-state index is 12.2. The Morgan fingerprint density at radius 1 is 1.25 bits per heavy atom. The van der Waals surface area contributed by atoms with E-state index in [1.54, 1.807) is 12.5 Å². The van der Waals surface area contributed by atoms with Gasteiger partial charge in [0.2, 0.25) is 5.89 Å². The molecule has 1 heterocycles. The predicted octanol–water partition coefficient (Wildman–Crippen LogP) is 3.98. The smallest absolute Gasteiger partial charge is 0.309 e. The highest BCUT2D eigenvalue weighted by molar-refractivity contribution is 5.78. The normalized spacial score (nSPS) is 27.9. The highest BCUT2D eigenvalue weighted by Gasteiger charge is 2.58. The van der Waals surface area contributed by atoms with Gasteiger partial charge in [-0.3, -0.25) is 4.79 Å². The van der Waals surface area contributed by atoms with Crippen molar-refractivity contribution in [2.24, 2.45) is 17.8 Å². The van der Waals surface area contributed by atoms with Crippen molar-refractivity contribution < 1.29 is 13.9 Å². The number of rotatable bonds is 4. The molecule has 122 valence electrons. The van der Waals surface area contributed by atoms with E-state index in [2.05, 4.69) is 41.4 Å². The van der Waals surface area contributed by atoms with Crippen molar-refractivity contribution in [1.82, 2.24) is 4.98 Å². The number of benzene rings is 1. The van der Waals surface area contributed by atoms with Gasteiger partial charge in [0.25, 0.3) is 0 Å². The number of hydrogen-bond donors (Lipinski definition) is 0. The number of nitrogens with zero attached hydrogens (tertiary/aromatic N) is 1. The molecule has 1 fully saturated rings. The molecule has 4 heteroatoms. The fraction of sp³-hybridized carbons (Fsp3) is 0.300. The van der Waals surface area contributed by atoms with Gasteiger partial charge in [0, 0.05) is 11.5 Å². The van der Waals surface area contributed by atoms with Gasteiger partial charge in [-0.15, -0.1) is 0 Å². The van der Waals surface area contributed by atoms with Gasteiger partial charge < -0.3 is 9.15 Å². The van der Waals surface area contributed by atoms with Crippen molar-refractivity contribution in [3.05, 3.63) is 66.6 Å². The van der Waals surface area contributed by atoms with Crippen molar-refractivity contribution in [2.75, 3.05) is 7.11 Å². The molecule has 0 N–H and O–H groups in total. The second-order valence-corrected chi connectivity index (χ2v) is 6.32. The van der Waals surface area contributed by atoms with Gasteiger partial charge in [0.15, 0.2) is 0 Å². The zero-order valence-corrected chi connectivity index (χ0v) is 13.5. The second-order valence-electron chi connectivity index (χ2n) is 6.32. The molecule has 24 heavy (non-hydrogen) atoms. The largest absolute Gasteiger partial charge is 0.469 e. The van der Waals surface area contributed by atoms with Crippen LogP contribution in [0.2, 0.25) is 0 Å². The van der Waals surface area contributed by atoms with E-state index < -0.39 is 0 Å². The third-order valence-electron chi connectivity index (χ3n) is 5.03. The fourth-order valence-corrected chi connectivity index (χ4v) is 3.84. The Hall–Kier alpha value is -2.62. The van der Waals surface area contributed by atoms with Crippen LogP contribution in [-0.4, -0.2) is 18.1 Å². The lowest BCUT2D eigenvalue weighted by molar-refractivity contribution is -0.142. The van der Waals surface area contributed by atoms with Crippen molar-refractivity contribution >= 4 is 5.97 Å². The Morgan fingerprint density at radius 2 is 2.08 bits per heavy atom. The Bertz CT molecular complexity index is 774. The number of methoxy groups -OCH3 is 1. The zero-order valence-electron chi connectivity index (χ0n) is 13.5. The number of carbonyl (C=O) groups excluding carboxylic acids is 1. The van der Waals surface area contributed by atoms with Crippen molar-refractivity contribution in [1.29, 1.82) is 0 Å². The van der Waals surface area contributed by atoms with Gasteiger partial charge in [-0.1, -0.05) is 36.4 Å². The number of oxazole rings is 1. The highest BCUT2D eigenvalue weighted by atomic mass is 16.5. The molecule has 2 aromatic rings. The van der Waals surface area contributed by atoms with Crippen LogP contribution in [0.15, 0.2) is 65.4 Å². The summed E-state index contributed by atoms with van der Waals surface area (Å²) in [5.41, 5.74) is 2.12. The first kappa shape index (κ1) is 14.9. The first-order valence-electron chi connectivity index (χ1n) is 8.20. The predicted molar refractivity (Wildman–Crippen MR) is 90.1 cm³/mol. The standard InChI is InChI=1S/C20H19NO3/c1-23-20(22)18-16(13-5-3-2-4-6-13)17(18)14-7-9-15(10-8-14)19-21-11-12-24-19/h2-5,7-13,16-18H,6H2,1H3/t13?,16-,17-,18-/m1/s1. The average Bonchev–Trinajstić information content (AvgIpc) is 3.15. The van der Waals surface area contributed by atoms with Crippen LogP contribution in [0.3, 0.4) is 0 Å². The third-order valence-corrected chi connectivity index (χ3v) is 5.03. The van der Waals surface area contributed by atoms with E-state index in [0.717, 1.165) is 12.0 Å². The number of allylic oxidation sites excluding steroid dienone is 4. The summed E-state index contributed by atoms with van der Waals surface area (Å²) in [6.07, 6.45) is 12.7. The zero-order chi connectivity index (χ0) is 16.5. The van der Waals surface area contributed by atoms with Crippen LogP contribution >= 0.6 is 0 Å². The minimum Gasteiger partial charge on any atom is -0.469 e. The molecular weight excluding hydrogens is 302 g/mol. The number of hydrogen-bond acceptors (Lipinski definition) is 4. The lowest BCUT2D eigenvalue weighted by Crippen LogP contribution is -2.09. The molecule has 1 saturated carbocycles. The summed E-state index contributed by atoms with van der Waals surface area (Å²) in [5, 5.41) is 0. The maximum Gasteiger partial charge on any atom is 0.309 e. The molecule has 4 rings (SSSR count). The van der Waals surface area contributed by atoms with Gasteiger partial charge in [0.1, 0.15) is 6.26 Å². The first-order valence-corrected chi connectivity index (χ1v) is 8.20. The molecule has 4 atom stereocenters. The van der Waals surface area contributed by atoms with Crippen molar-refractivity contribution in [3.63, 3.8) is 0 Å². The summed E-state index contributed by atoms with van der Waals surface area (Å²) < 4.78 is 10.4. The molecule has 1 aromatic carbocycles. The van der Waals surface area contributed by atoms with Crippen LogP contribution in [0, 0.1) is 17.8 Å². The summed E-state index contributed by atoms with van der Waals surface area (Å²) >= 11 is 0. The van der Waals surface area contributed by atoms with Crippen LogP contribution in [0.5, 0.6) is 0 Å². The molecule has 0 bridgehead atoms. The average molecular weight is 321 g/mol. The molecule has 4 nitrogen and oxygen atoms in total. The molecule has 0 radical (unpaired) electrons. The Kier molecular flexibility index (Phi) is 3.81. The van der Waals surface area contributed by atoms with Gasteiger partial charge in [0.05, 0.1) is 19.2 Å². The molecule has 2 aliphatic rings. The molecule has 0 amide bonds. The quantitative estimate of drug-likeness (QED) is 0.799. The Labute approximate surface area is 140 Å². The van der Waals surface area contributed by atoms with E-state index in [1.165, 1.54) is 12.7 Å². The van der Waals surface area contributed by atoms with E-state index in [1.807, 2.05) is 12.1 Å². The number of carbonyl (C=O) groups is 1. The van der Waals surface area contributed by atoms with Crippen molar-refractivity contribution in [2.45, 2.75) is 12.3 Å². The monoisotopic (exact) mass is 321 g/mol. The minimum absolute atomic E-state index is 0.0521. The summed E-state index contributed by atoms with van der Waals surface area (Å²) in [6, 6.07) is 8.15. The number of ether oxygens (including phenoxy) is 1. The topological polar surface area (TPSA) is 52.3 Å². The maximum atomic E-state index is 12.2. The molecular formula is C20H19NO3. The van der Waals surface area contributed by atoms with Crippen LogP contribution in [0.25, 0.3) is 11.5 Å². The van der Waals surface area contributed by atoms with E-state index in [4.69, 9.17) is 9.15 Å². The van der Waals surface area contributed by atoms with E-state index >= 15 is 0 Å². The SMILES string of the molecule is COC(=O)[C@H]1[C@H](c2ccc(-c3ncco3)cc2)[C@H]1C1C=CC=CC1. The summed E-state index contributed by atoms with van der Waals surface area (Å²) in [6.45, 7) is 0. The molecule has 0 spiro atoms. The molecule has 1 unspecified atom stereocenters. The van der Waals surface area contributed by atoms with E-state index in [9.17, 15) is 4.79 Å². The van der Waals surface area contributed by atoms with Gasteiger partial charge in [-0.2, -0.15) is 0 Å². The van der Waals surface area contributed by atoms with Crippen LogP contribution in [-0.2, 0) is 9.53 Å². The van der Waals surface area contributed by atoms with Gasteiger partial charge in [-0.05, 0) is 36.0 Å². The first-order chi connectivity index (χ1) is 11.8. The summed E-state index contributed by atoms with van der Waals surface area (Å²) in [4.78, 5) is 16.3. The lowest BCUT2D eigenvalue weighted by atomic mass is 9.92. The Morgan fingerprint density at radius 3 is 2.71 bits per heavy atom. The number of aromatic nitrogens is 1. The molecule has 1 aromatic heterocycles. The van der Waals surface area contributed by atoms with Crippen molar-refractivity contribution in [3.8, 4) is 11.5 Å². The van der Waals surface area contributed by atoms with E-state index in [-0.39, 0.29) is 17.8 Å². The van der Waals surface area contributed by atoms with Gasteiger partial charge in [-0.25, -0.2) is 4.98 Å². The third kappa shape index (κ3) is 2.58. The molecule has 0 saturated heterocycles. The summed E-state index contributed by atoms with van der Waals surface area (Å²) in [7, 11) is 1.47. The summed E-state index contributed by atoms with van der Waals surface area (Å²) in [5.74, 6) is 1.38. The van der Waals surface area contributed by atoms with Crippen LogP contribution in [0.4, 0.5) is 0 Å². The molecule has 0 aliphatic heterocycles. The Balaban J connectivity index is 1.58. The van der Waals surface area contributed by atoms with E-state index in [0.29, 0.717) is 17.7 Å². The minimum atomic E-state index is -0.107. The second kappa shape index (κ2) is 6.11. The number of esters is 1. The van der Waals surface area contributed by atoms with Crippen LogP contribution < -0.4 is 0 Å². The van der Waals surface area contributed by atoms with Crippen LogP contribution in [0.1, 0.15) is 17.9 Å².